The Morgan fingerprint density at radius 2 is 1.86 bits per heavy atom. The van der Waals surface area contributed by atoms with Gasteiger partial charge in [-0.3, -0.25) is 4.79 Å². The van der Waals surface area contributed by atoms with Gasteiger partial charge in [0.2, 0.25) is 0 Å². The molecule has 154 valence electrons. The third-order valence-corrected chi connectivity index (χ3v) is 7.28. The van der Waals surface area contributed by atoms with Gasteiger partial charge in [0.05, 0.1) is 44.1 Å². The lowest BCUT2D eigenvalue weighted by Gasteiger charge is -2.41. The number of hydrogen-bond donors (Lipinski definition) is 1. The lowest BCUT2D eigenvalue weighted by Crippen LogP contribution is -2.50. The molecule has 4 nitrogen and oxygen atoms in total. The van der Waals surface area contributed by atoms with Gasteiger partial charge in [-0.15, -0.1) is 0 Å². The van der Waals surface area contributed by atoms with Crippen molar-refractivity contribution in [1.82, 2.24) is 5.32 Å². The number of nitrogens with zero attached hydrogens (tertiary/aromatic N) is 2. The van der Waals surface area contributed by atoms with E-state index in [2.05, 4.69) is 67.5 Å². The average molecular weight is 411 g/mol. The van der Waals surface area contributed by atoms with E-state index < -0.39 is 0 Å². The molecule has 2 aromatic carbocycles. The number of nitrogens with one attached hydrogen (secondary N) is 1. The van der Waals surface area contributed by atoms with Crippen molar-refractivity contribution >= 4 is 29.0 Å². The number of carbonyl (C=O) groups excluding carboxylic acids is 1. The van der Waals surface area contributed by atoms with Gasteiger partial charge in [0.25, 0.3) is 5.91 Å². The predicted octanol–water partition coefficient (Wildman–Crippen LogP) is 5.06. The smallest absolute Gasteiger partial charge is 0.251 e. The van der Waals surface area contributed by atoms with Crippen LogP contribution in [0.15, 0.2) is 52.3 Å². The molecule has 0 aromatic heterocycles. The van der Waals surface area contributed by atoms with Crippen LogP contribution in [0.4, 0.5) is 11.4 Å². The monoisotopic (exact) mass is 410 g/mol. The van der Waals surface area contributed by atoms with Crippen molar-refractivity contribution in [1.29, 1.82) is 0 Å². The number of likely N-dealkylation sites (N-methyl/N-ethyl adjacent to an activating group) is 1. The Kier molecular flexibility index (Phi) is 5.88. The molecule has 1 atom stereocenters. The number of fused-ring (bicyclic) bond motifs is 2. The minimum atomic E-state index is 0.0182. The number of amides is 1. The van der Waals surface area contributed by atoms with Crippen LogP contribution in [0.2, 0.25) is 0 Å². The summed E-state index contributed by atoms with van der Waals surface area (Å²) in [6.45, 7) is 8.77. The summed E-state index contributed by atoms with van der Waals surface area (Å²) < 4.78 is 1.14. The van der Waals surface area contributed by atoms with E-state index in [4.69, 9.17) is 0 Å². The van der Waals surface area contributed by atoms with Gasteiger partial charge in [-0.25, -0.2) is 0 Å². The van der Waals surface area contributed by atoms with Crippen LogP contribution in [-0.4, -0.2) is 49.7 Å². The molecule has 29 heavy (non-hydrogen) atoms. The maximum Gasteiger partial charge on any atom is 0.251 e. The molecule has 0 saturated carbocycles. The fourth-order valence-corrected chi connectivity index (χ4v) is 5.79. The summed E-state index contributed by atoms with van der Waals surface area (Å²) in [6, 6.07) is 15.2. The molecule has 2 heterocycles. The highest BCUT2D eigenvalue weighted by molar-refractivity contribution is 7.99. The van der Waals surface area contributed by atoms with Crippen molar-refractivity contribution in [2.75, 3.05) is 38.1 Å². The van der Waals surface area contributed by atoms with Crippen molar-refractivity contribution in [3.8, 4) is 0 Å². The van der Waals surface area contributed by atoms with Crippen molar-refractivity contribution < 1.29 is 9.28 Å². The summed E-state index contributed by atoms with van der Waals surface area (Å²) >= 11 is 1.81. The number of hydrogen-bond acceptors (Lipinski definition) is 3. The summed E-state index contributed by atoms with van der Waals surface area (Å²) in [5.74, 6) is 0.0182. The SMILES string of the molecule is CCCNC(=O)c1ccc2c(c1)N([C@H](C)C[N+]1(C)CCCC1)c1ccccc1S2. The summed E-state index contributed by atoms with van der Waals surface area (Å²) in [4.78, 5) is 17.6. The molecule has 1 amide bonds. The first-order valence-corrected chi connectivity index (χ1v) is 11.6. The van der Waals surface area contributed by atoms with Crippen LogP contribution in [0.3, 0.4) is 0 Å². The van der Waals surface area contributed by atoms with E-state index in [1.54, 1.807) is 11.8 Å². The van der Waals surface area contributed by atoms with E-state index in [1.165, 1.54) is 41.4 Å². The molecule has 2 aromatic rings. The molecule has 5 heteroatoms. The minimum absolute atomic E-state index is 0.0182. The Labute approximate surface area is 178 Å². The van der Waals surface area contributed by atoms with E-state index in [-0.39, 0.29) is 5.91 Å². The molecular formula is C24H32N3OS+. The van der Waals surface area contributed by atoms with E-state index in [9.17, 15) is 4.79 Å². The first-order chi connectivity index (χ1) is 14.0. The van der Waals surface area contributed by atoms with Crippen LogP contribution in [-0.2, 0) is 0 Å². The molecule has 1 saturated heterocycles. The summed E-state index contributed by atoms with van der Waals surface area (Å²) in [6.07, 6.45) is 3.60. The number of benzene rings is 2. The largest absolute Gasteiger partial charge is 0.352 e. The zero-order valence-electron chi connectivity index (χ0n) is 17.8. The normalized spacial score (nSPS) is 18.1. The quantitative estimate of drug-likeness (QED) is 0.676. The van der Waals surface area contributed by atoms with E-state index in [0.717, 1.165) is 28.7 Å². The Morgan fingerprint density at radius 1 is 1.14 bits per heavy atom. The summed E-state index contributed by atoms with van der Waals surface area (Å²) in [5.41, 5.74) is 3.17. The molecule has 2 aliphatic heterocycles. The van der Waals surface area contributed by atoms with Gasteiger partial charge in [-0.1, -0.05) is 30.8 Å². The number of para-hydroxylation sites is 1. The molecule has 0 spiro atoms. The Morgan fingerprint density at radius 3 is 2.62 bits per heavy atom. The van der Waals surface area contributed by atoms with Gasteiger partial charge in [-0.2, -0.15) is 0 Å². The number of quaternary nitrogens is 1. The second kappa shape index (κ2) is 8.41. The van der Waals surface area contributed by atoms with Gasteiger partial charge < -0.3 is 14.7 Å². The Balaban J connectivity index is 1.70. The van der Waals surface area contributed by atoms with Crippen LogP contribution < -0.4 is 10.2 Å². The van der Waals surface area contributed by atoms with Crippen LogP contribution in [0, 0.1) is 0 Å². The molecule has 1 N–H and O–H groups in total. The van der Waals surface area contributed by atoms with Crippen LogP contribution >= 0.6 is 11.8 Å². The van der Waals surface area contributed by atoms with E-state index in [0.29, 0.717) is 12.6 Å². The number of rotatable bonds is 6. The minimum Gasteiger partial charge on any atom is -0.352 e. The molecule has 0 bridgehead atoms. The lowest BCUT2D eigenvalue weighted by atomic mass is 10.1. The van der Waals surface area contributed by atoms with Gasteiger partial charge in [0.15, 0.2) is 0 Å². The summed E-state index contributed by atoms with van der Waals surface area (Å²) in [7, 11) is 2.39. The second-order valence-electron chi connectivity index (χ2n) is 8.68. The first-order valence-electron chi connectivity index (χ1n) is 10.8. The van der Waals surface area contributed by atoms with Gasteiger partial charge in [-0.05, 0) is 43.7 Å². The van der Waals surface area contributed by atoms with Gasteiger partial charge in [0, 0.05) is 34.7 Å². The standard InChI is InChI=1S/C24H31N3OS/c1-4-13-25-24(28)19-11-12-23-21(16-19)26(20-9-5-6-10-22(20)29-23)18(2)17-27(3)14-7-8-15-27/h5-6,9-12,16,18H,4,7-8,13-15,17H2,1-3H3/p+1/t18-/m1/s1. The van der Waals surface area contributed by atoms with E-state index >= 15 is 0 Å². The molecule has 0 radical (unpaired) electrons. The Hall–Kier alpha value is -1.98. The van der Waals surface area contributed by atoms with Gasteiger partial charge >= 0.3 is 0 Å². The molecular weight excluding hydrogens is 378 g/mol. The number of anilines is 2. The molecule has 0 aliphatic carbocycles. The van der Waals surface area contributed by atoms with Crippen molar-refractivity contribution in [2.24, 2.45) is 0 Å². The molecule has 1 fully saturated rings. The predicted molar refractivity (Wildman–Crippen MR) is 121 cm³/mol. The maximum atomic E-state index is 12.6. The second-order valence-corrected chi connectivity index (χ2v) is 9.77. The zero-order valence-corrected chi connectivity index (χ0v) is 18.6. The lowest BCUT2D eigenvalue weighted by molar-refractivity contribution is -0.898. The van der Waals surface area contributed by atoms with Crippen LogP contribution in [0.5, 0.6) is 0 Å². The van der Waals surface area contributed by atoms with Gasteiger partial charge in [0.1, 0.15) is 0 Å². The highest BCUT2D eigenvalue weighted by atomic mass is 32.2. The average Bonchev–Trinajstić information content (AvgIpc) is 3.15. The highest BCUT2D eigenvalue weighted by Gasteiger charge is 2.34. The van der Waals surface area contributed by atoms with Crippen molar-refractivity contribution in [2.45, 2.75) is 48.9 Å². The molecule has 0 unspecified atom stereocenters. The number of likely N-dealkylation sites (tertiary alicyclic amines) is 1. The summed E-state index contributed by atoms with van der Waals surface area (Å²) in [5, 5.41) is 3.02. The highest BCUT2D eigenvalue weighted by Crippen LogP contribution is 2.49. The van der Waals surface area contributed by atoms with E-state index in [1.807, 2.05) is 6.07 Å². The van der Waals surface area contributed by atoms with Crippen molar-refractivity contribution in [3.05, 3.63) is 48.0 Å². The molecule has 4 rings (SSSR count). The maximum absolute atomic E-state index is 12.6. The fourth-order valence-electron chi connectivity index (χ4n) is 4.74. The first kappa shape index (κ1) is 20.3. The molecule has 2 aliphatic rings. The fraction of sp³-hybridized carbons (Fsp3) is 0.458. The van der Waals surface area contributed by atoms with Crippen LogP contribution in [0.1, 0.15) is 43.5 Å². The van der Waals surface area contributed by atoms with Crippen molar-refractivity contribution in [3.63, 3.8) is 0 Å². The third kappa shape index (κ3) is 4.17. The third-order valence-electron chi connectivity index (χ3n) is 6.15. The zero-order chi connectivity index (χ0) is 20.4. The Bertz CT molecular complexity index is 891. The number of carbonyl (C=O) groups is 1. The topological polar surface area (TPSA) is 32.3 Å². The van der Waals surface area contributed by atoms with Crippen LogP contribution in [0.25, 0.3) is 0 Å².